The highest BCUT2D eigenvalue weighted by Crippen LogP contribution is 2.25. The van der Waals surface area contributed by atoms with Gasteiger partial charge in [-0.1, -0.05) is 0 Å². The summed E-state index contributed by atoms with van der Waals surface area (Å²) in [5.41, 5.74) is 0. The number of likely N-dealkylation sites (tertiary alicyclic amines) is 1. The van der Waals surface area contributed by atoms with Gasteiger partial charge in [-0.05, 0) is 12.3 Å². The Morgan fingerprint density at radius 1 is 1.25 bits per heavy atom. The average molecular weight is 336 g/mol. The Labute approximate surface area is 143 Å². The van der Waals surface area contributed by atoms with E-state index >= 15 is 0 Å². The fraction of sp³-hybridized carbons (Fsp3) is 0.765. The molecular weight excluding hydrogens is 308 g/mol. The molecule has 2 aliphatic heterocycles. The van der Waals surface area contributed by atoms with Crippen LogP contribution in [0.25, 0.3) is 0 Å². The zero-order valence-corrected chi connectivity index (χ0v) is 14.2. The van der Waals surface area contributed by atoms with Crippen molar-refractivity contribution >= 4 is 5.91 Å². The highest BCUT2D eigenvalue weighted by molar-refractivity contribution is 5.76. The van der Waals surface area contributed by atoms with Crippen molar-refractivity contribution in [2.24, 2.45) is 11.8 Å². The van der Waals surface area contributed by atoms with Gasteiger partial charge >= 0.3 is 0 Å². The second-order valence-corrected chi connectivity index (χ2v) is 6.82. The number of nitrogens with zero attached hydrogens (tertiary/aromatic N) is 4. The number of aliphatic hydroxyl groups is 1. The topological polar surface area (TPSA) is 70.8 Å². The number of carbonyl (C=O) groups is 1. The Hall–Kier alpha value is -1.44. The Balaban J connectivity index is 1.44. The van der Waals surface area contributed by atoms with E-state index in [0.717, 1.165) is 52.4 Å². The molecule has 24 heavy (non-hydrogen) atoms. The van der Waals surface area contributed by atoms with Crippen LogP contribution < -0.4 is 0 Å². The summed E-state index contributed by atoms with van der Waals surface area (Å²) in [6.07, 6.45) is 6.83. The summed E-state index contributed by atoms with van der Waals surface area (Å²) in [5, 5.41) is 9.68. The van der Waals surface area contributed by atoms with Crippen molar-refractivity contribution in [1.82, 2.24) is 19.4 Å². The van der Waals surface area contributed by atoms with Gasteiger partial charge in [-0.15, -0.1) is 0 Å². The molecule has 0 bridgehead atoms. The van der Waals surface area contributed by atoms with E-state index in [-0.39, 0.29) is 18.4 Å². The molecule has 2 fully saturated rings. The molecule has 7 heteroatoms. The van der Waals surface area contributed by atoms with E-state index in [1.165, 1.54) is 0 Å². The lowest BCUT2D eigenvalue weighted by Gasteiger charge is -2.30. The fourth-order valence-electron chi connectivity index (χ4n) is 3.66. The van der Waals surface area contributed by atoms with E-state index in [1.54, 1.807) is 12.5 Å². The number of imidazole rings is 1. The summed E-state index contributed by atoms with van der Waals surface area (Å²) < 4.78 is 7.38. The molecule has 2 aliphatic rings. The van der Waals surface area contributed by atoms with Crippen LogP contribution in [0.1, 0.15) is 12.8 Å². The second kappa shape index (κ2) is 8.60. The first-order valence-electron chi connectivity index (χ1n) is 8.90. The number of aromatic nitrogens is 2. The lowest BCUT2D eigenvalue weighted by atomic mass is 9.96. The number of amides is 1. The van der Waals surface area contributed by atoms with Crippen molar-refractivity contribution in [3.8, 4) is 0 Å². The minimum absolute atomic E-state index is 0.161. The minimum atomic E-state index is 0.161. The quantitative estimate of drug-likeness (QED) is 0.763. The lowest BCUT2D eigenvalue weighted by Crippen LogP contribution is -2.41. The monoisotopic (exact) mass is 336 g/mol. The standard InChI is InChI=1S/C17H28N4O3/c22-13-16-12-21(11-15(16)10-19-6-8-24-9-7-19)17(23)2-1-4-20-5-3-18-14-20/h3,5,14-16,22H,1-2,4,6-13H2/t15-,16-/m1/s1. The largest absolute Gasteiger partial charge is 0.396 e. The molecule has 0 saturated carbocycles. The Kier molecular flexibility index (Phi) is 6.23. The smallest absolute Gasteiger partial charge is 0.222 e. The molecule has 1 amide bonds. The van der Waals surface area contributed by atoms with Gasteiger partial charge in [0.1, 0.15) is 0 Å². The van der Waals surface area contributed by atoms with Gasteiger partial charge in [-0.2, -0.15) is 0 Å². The van der Waals surface area contributed by atoms with Gasteiger partial charge in [-0.25, -0.2) is 4.98 Å². The van der Waals surface area contributed by atoms with Gasteiger partial charge in [-0.3, -0.25) is 9.69 Å². The molecule has 0 unspecified atom stereocenters. The zero-order valence-electron chi connectivity index (χ0n) is 14.2. The first-order valence-corrected chi connectivity index (χ1v) is 8.90. The molecule has 2 saturated heterocycles. The summed E-state index contributed by atoms with van der Waals surface area (Å²) in [6.45, 7) is 6.87. The van der Waals surface area contributed by atoms with Crippen LogP contribution in [0.2, 0.25) is 0 Å². The summed E-state index contributed by atoms with van der Waals surface area (Å²) in [6, 6.07) is 0. The van der Waals surface area contributed by atoms with Crippen molar-refractivity contribution in [3.63, 3.8) is 0 Å². The Bertz CT molecular complexity index is 502. The maximum Gasteiger partial charge on any atom is 0.222 e. The summed E-state index contributed by atoms with van der Waals surface area (Å²) in [4.78, 5) is 20.8. The van der Waals surface area contributed by atoms with Crippen molar-refractivity contribution < 1.29 is 14.6 Å². The molecule has 7 nitrogen and oxygen atoms in total. The number of hydrogen-bond acceptors (Lipinski definition) is 5. The van der Waals surface area contributed by atoms with E-state index in [4.69, 9.17) is 4.74 Å². The summed E-state index contributed by atoms with van der Waals surface area (Å²) in [7, 11) is 0. The predicted molar refractivity (Wildman–Crippen MR) is 89.4 cm³/mol. The van der Waals surface area contributed by atoms with Crippen molar-refractivity contribution in [3.05, 3.63) is 18.7 Å². The third kappa shape index (κ3) is 4.55. The molecule has 0 aromatic carbocycles. The fourth-order valence-corrected chi connectivity index (χ4v) is 3.66. The van der Waals surface area contributed by atoms with E-state index < -0.39 is 0 Å². The molecule has 0 radical (unpaired) electrons. The molecule has 2 atom stereocenters. The molecule has 0 spiro atoms. The first kappa shape index (κ1) is 17.4. The van der Waals surface area contributed by atoms with E-state index in [0.29, 0.717) is 18.9 Å². The van der Waals surface area contributed by atoms with Gasteiger partial charge in [0, 0.05) is 70.6 Å². The van der Waals surface area contributed by atoms with Gasteiger partial charge < -0.3 is 19.3 Å². The van der Waals surface area contributed by atoms with E-state index in [1.807, 2.05) is 15.7 Å². The number of ether oxygens (including phenoxy) is 1. The van der Waals surface area contributed by atoms with Gasteiger partial charge in [0.05, 0.1) is 19.5 Å². The molecule has 134 valence electrons. The number of morpholine rings is 1. The second-order valence-electron chi connectivity index (χ2n) is 6.82. The van der Waals surface area contributed by atoms with Gasteiger partial charge in [0.15, 0.2) is 0 Å². The number of rotatable bonds is 7. The molecule has 1 aromatic heterocycles. The van der Waals surface area contributed by atoms with Crippen LogP contribution in [0.4, 0.5) is 0 Å². The highest BCUT2D eigenvalue weighted by atomic mass is 16.5. The van der Waals surface area contributed by atoms with Crippen LogP contribution in [-0.4, -0.2) is 82.9 Å². The molecule has 3 rings (SSSR count). The maximum atomic E-state index is 12.5. The molecule has 0 aliphatic carbocycles. The van der Waals surface area contributed by atoms with Crippen LogP contribution in [0, 0.1) is 11.8 Å². The van der Waals surface area contributed by atoms with Crippen molar-refractivity contribution in [2.75, 3.05) is 52.5 Å². The first-order chi connectivity index (χ1) is 11.8. The Morgan fingerprint density at radius 3 is 2.75 bits per heavy atom. The third-order valence-corrected chi connectivity index (χ3v) is 5.13. The maximum absolute atomic E-state index is 12.5. The van der Waals surface area contributed by atoms with E-state index in [2.05, 4.69) is 9.88 Å². The highest BCUT2D eigenvalue weighted by Gasteiger charge is 2.35. The number of aliphatic hydroxyl groups excluding tert-OH is 1. The third-order valence-electron chi connectivity index (χ3n) is 5.13. The Morgan fingerprint density at radius 2 is 2.04 bits per heavy atom. The number of hydrogen-bond donors (Lipinski definition) is 1. The summed E-state index contributed by atoms with van der Waals surface area (Å²) >= 11 is 0. The van der Waals surface area contributed by atoms with Crippen LogP contribution in [0.5, 0.6) is 0 Å². The van der Waals surface area contributed by atoms with Crippen LogP contribution in [-0.2, 0) is 16.1 Å². The van der Waals surface area contributed by atoms with E-state index in [9.17, 15) is 9.90 Å². The minimum Gasteiger partial charge on any atom is -0.396 e. The average Bonchev–Trinajstić information content (AvgIpc) is 3.25. The lowest BCUT2D eigenvalue weighted by molar-refractivity contribution is -0.130. The predicted octanol–water partition coefficient (Wildman–Crippen LogP) is 0.0624. The number of aryl methyl sites for hydroxylation is 1. The zero-order chi connectivity index (χ0) is 16.8. The van der Waals surface area contributed by atoms with Crippen molar-refractivity contribution in [2.45, 2.75) is 19.4 Å². The van der Waals surface area contributed by atoms with Gasteiger partial charge in [0.2, 0.25) is 5.91 Å². The molecule has 3 heterocycles. The van der Waals surface area contributed by atoms with Crippen LogP contribution in [0.15, 0.2) is 18.7 Å². The van der Waals surface area contributed by atoms with Crippen LogP contribution >= 0.6 is 0 Å². The molecular formula is C17H28N4O3. The molecule has 1 N–H and O–H groups in total. The SMILES string of the molecule is O=C(CCCn1ccnc1)N1C[C@@H](CN2CCOCC2)[C@@H](CO)C1. The van der Waals surface area contributed by atoms with Crippen LogP contribution in [0.3, 0.4) is 0 Å². The van der Waals surface area contributed by atoms with Gasteiger partial charge in [0.25, 0.3) is 0 Å². The molecule has 1 aromatic rings. The number of carbonyl (C=O) groups excluding carboxylic acids is 1. The van der Waals surface area contributed by atoms with Crippen molar-refractivity contribution in [1.29, 1.82) is 0 Å². The summed E-state index contributed by atoms with van der Waals surface area (Å²) in [5.74, 6) is 0.772. The normalized spacial score (nSPS) is 25.3.